The van der Waals surface area contributed by atoms with Crippen molar-refractivity contribution in [1.29, 1.82) is 0 Å². The maximum absolute atomic E-state index is 10.3. The molecule has 0 amide bonds. The summed E-state index contributed by atoms with van der Waals surface area (Å²) >= 11 is 0. The highest BCUT2D eigenvalue weighted by Crippen LogP contribution is 2.43. The van der Waals surface area contributed by atoms with Crippen molar-refractivity contribution in [2.45, 2.75) is 19.1 Å². The lowest BCUT2D eigenvalue weighted by Crippen LogP contribution is -2.23. The fraction of sp³-hybridized carbons (Fsp3) is 0.286. The van der Waals surface area contributed by atoms with Gasteiger partial charge in [0, 0.05) is 0 Å². The number of hydrogen-bond acceptors (Lipinski definition) is 2. The Kier molecular flexibility index (Phi) is 2.20. The molecule has 0 saturated heterocycles. The van der Waals surface area contributed by atoms with Crippen molar-refractivity contribution >= 4 is 10.8 Å². The first kappa shape index (κ1) is 9.82. The van der Waals surface area contributed by atoms with Gasteiger partial charge >= 0.3 is 0 Å². The van der Waals surface area contributed by atoms with Crippen LogP contribution >= 0.6 is 0 Å². The molecule has 0 fully saturated rings. The van der Waals surface area contributed by atoms with Crippen molar-refractivity contribution in [2.75, 3.05) is 6.54 Å². The van der Waals surface area contributed by atoms with Gasteiger partial charge in [-0.1, -0.05) is 43.3 Å². The SMILES string of the molecule is CCNC1c2cccc3cccc(c23)C1O. The monoisotopic (exact) mass is 213 g/mol. The molecule has 82 valence electrons. The summed E-state index contributed by atoms with van der Waals surface area (Å²) in [6.07, 6.45) is -0.416. The van der Waals surface area contributed by atoms with Crippen molar-refractivity contribution in [3.63, 3.8) is 0 Å². The van der Waals surface area contributed by atoms with Crippen LogP contribution in [0.15, 0.2) is 36.4 Å². The zero-order chi connectivity index (χ0) is 11.1. The van der Waals surface area contributed by atoms with Crippen LogP contribution in [-0.4, -0.2) is 11.7 Å². The lowest BCUT2D eigenvalue weighted by Gasteiger charge is -2.17. The van der Waals surface area contributed by atoms with E-state index in [0.717, 1.165) is 12.1 Å². The van der Waals surface area contributed by atoms with Crippen LogP contribution in [0.2, 0.25) is 0 Å². The minimum atomic E-state index is -0.416. The van der Waals surface area contributed by atoms with Crippen molar-refractivity contribution in [3.8, 4) is 0 Å². The molecule has 0 radical (unpaired) electrons. The average molecular weight is 213 g/mol. The molecule has 0 heterocycles. The Bertz CT molecular complexity index is 530. The Labute approximate surface area is 94.9 Å². The average Bonchev–Trinajstić information content (AvgIpc) is 2.58. The first-order chi connectivity index (χ1) is 7.83. The third kappa shape index (κ3) is 1.20. The van der Waals surface area contributed by atoms with E-state index >= 15 is 0 Å². The summed E-state index contributed by atoms with van der Waals surface area (Å²) in [5.41, 5.74) is 2.28. The smallest absolute Gasteiger partial charge is 0.0991 e. The molecule has 2 atom stereocenters. The van der Waals surface area contributed by atoms with Crippen LogP contribution in [0.1, 0.15) is 30.2 Å². The first-order valence-corrected chi connectivity index (χ1v) is 5.76. The van der Waals surface area contributed by atoms with Gasteiger partial charge in [0.15, 0.2) is 0 Å². The Morgan fingerprint density at radius 1 is 1.12 bits per heavy atom. The summed E-state index contributed by atoms with van der Waals surface area (Å²) in [6.45, 7) is 2.93. The van der Waals surface area contributed by atoms with Gasteiger partial charge in [-0.05, 0) is 28.4 Å². The molecule has 2 aromatic carbocycles. The molecule has 0 aliphatic heterocycles. The summed E-state index contributed by atoms with van der Waals surface area (Å²) in [4.78, 5) is 0. The molecule has 0 aromatic heterocycles. The number of nitrogens with one attached hydrogen (secondary N) is 1. The van der Waals surface area contributed by atoms with E-state index in [-0.39, 0.29) is 6.04 Å². The number of hydrogen-bond donors (Lipinski definition) is 2. The maximum atomic E-state index is 10.3. The minimum Gasteiger partial charge on any atom is -0.386 e. The Morgan fingerprint density at radius 3 is 2.50 bits per heavy atom. The van der Waals surface area contributed by atoms with Gasteiger partial charge in [0.25, 0.3) is 0 Å². The van der Waals surface area contributed by atoms with E-state index < -0.39 is 6.10 Å². The quantitative estimate of drug-likeness (QED) is 0.803. The van der Waals surface area contributed by atoms with Crippen LogP contribution < -0.4 is 5.32 Å². The number of likely N-dealkylation sites (N-methyl/N-ethyl adjacent to an activating group) is 1. The van der Waals surface area contributed by atoms with Gasteiger partial charge in [-0.15, -0.1) is 0 Å². The highest BCUT2D eigenvalue weighted by molar-refractivity contribution is 5.91. The lowest BCUT2D eigenvalue weighted by atomic mass is 10.0. The van der Waals surface area contributed by atoms with Gasteiger partial charge < -0.3 is 10.4 Å². The van der Waals surface area contributed by atoms with Gasteiger partial charge in [-0.3, -0.25) is 0 Å². The van der Waals surface area contributed by atoms with Crippen LogP contribution in [0.3, 0.4) is 0 Å². The van der Waals surface area contributed by atoms with Crippen molar-refractivity contribution in [3.05, 3.63) is 47.5 Å². The third-order valence-corrected chi connectivity index (χ3v) is 3.36. The van der Waals surface area contributed by atoms with Gasteiger partial charge in [-0.2, -0.15) is 0 Å². The third-order valence-electron chi connectivity index (χ3n) is 3.36. The number of aliphatic hydroxyl groups is 1. The molecule has 1 aliphatic rings. The Balaban J connectivity index is 2.27. The van der Waals surface area contributed by atoms with Gasteiger partial charge in [0.1, 0.15) is 0 Å². The molecule has 1 aliphatic carbocycles. The lowest BCUT2D eigenvalue weighted by molar-refractivity contribution is 0.138. The Hall–Kier alpha value is -1.38. The molecular weight excluding hydrogens is 198 g/mol. The highest BCUT2D eigenvalue weighted by Gasteiger charge is 2.31. The first-order valence-electron chi connectivity index (χ1n) is 5.76. The zero-order valence-corrected chi connectivity index (χ0v) is 9.27. The summed E-state index contributed by atoms with van der Waals surface area (Å²) in [7, 11) is 0. The van der Waals surface area contributed by atoms with E-state index in [2.05, 4.69) is 36.5 Å². The van der Waals surface area contributed by atoms with Gasteiger partial charge in [-0.25, -0.2) is 0 Å². The minimum absolute atomic E-state index is 0.0473. The molecule has 3 rings (SSSR count). The van der Waals surface area contributed by atoms with E-state index in [1.54, 1.807) is 0 Å². The van der Waals surface area contributed by atoms with Gasteiger partial charge in [0.05, 0.1) is 12.1 Å². The van der Waals surface area contributed by atoms with E-state index in [4.69, 9.17) is 0 Å². The Morgan fingerprint density at radius 2 is 1.81 bits per heavy atom. The summed E-state index contributed by atoms with van der Waals surface area (Å²) < 4.78 is 0. The topological polar surface area (TPSA) is 32.3 Å². The predicted octanol–water partition coefficient (Wildman–Crippen LogP) is 2.54. The molecule has 2 unspecified atom stereocenters. The maximum Gasteiger partial charge on any atom is 0.0991 e. The molecule has 16 heavy (non-hydrogen) atoms. The molecule has 2 aromatic rings. The van der Waals surface area contributed by atoms with Crippen LogP contribution in [0, 0.1) is 0 Å². The van der Waals surface area contributed by atoms with Crippen molar-refractivity contribution in [2.24, 2.45) is 0 Å². The molecule has 0 bridgehead atoms. The van der Waals surface area contributed by atoms with Gasteiger partial charge in [0.2, 0.25) is 0 Å². The molecule has 0 saturated carbocycles. The van der Waals surface area contributed by atoms with E-state index in [1.165, 1.54) is 16.3 Å². The van der Waals surface area contributed by atoms with Crippen molar-refractivity contribution in [1.82, 2.24) is 5.32 Å². The van der Waals surface area contributed by atoms with Crippen LogP contribution in [0.5, 0.6) is 0 Å². The van der Waals surface area contributed by atoms with Crippen LogP contribution in [0.4, 0.5) is 0 Å². The summed E-state index contributed by atoms with van der Waals surface area (Å²) in [6, 6.07) is 12.4. The van der Waals surface area contributed by atoms with E-state index in [9.17, 15) is 5.11 Å². The predicted molar refractivity (Wildman–Crippen MR) is 65.3 cm³/mol. The fourth-order valence-electron chi connectivity index (χ4n) is 2.70. The van der Waals surface area contributed by atoms with E-state index in [0.29, 0.717) is 0 Å². The standard InChI is InChI=1S/C14H15NO/c1-2-15-13-10-7-3-5-9-6-4-8-11(12(9)10)14(13)16/h3-8,13-16H,2H2,1H3. The van der Waals surface area contributed by atoms with Crippen LogP contribution in [-0.2, 0) is 0 Å². The second-order valence-electron chi connectivity index (χ2n) is 4.27. The molecular formula is C14H15NO. The summed E-state index contributed by atoms with van der Waals surface area (Å²) in [5.74, 6) is 0. The molecule has 2 nitrogen and oxygen atoms in total. The number of aliphatic hydroxyl groups excluding tert-OH is 1. The second-order valence-corrected chi connectivity index (χ2v) is 4.27. The molecule has 0 spiro atoms. The number of rotatable bonds is 2. The normalized spacial score (nSPS) is 22.9. The highest BCUT2D eigenvalue weighted by atomic mass is 16.3. The van der Waals surface area contributed by atoms with E-state index in [1.807, 2.05) is 12.1 Å². The largest absolute Gasteiger partial charge is 0.386 e. The fourth-order valence-corrected chi connectivity index (χ4v) is 2.70. The summed E-state index contributed by atoms with van der Waals surface area (Å²) in [5, 5.41) is 16.1. The second kappa shape index (κ2) is 3.58. The molecule has 2 N–H and O–H groups in total. The number of benzene rings is 2. The van der Waals surface area contributed by atoms with Crippen molar-refractivity contribution < 1.29 is 5.11 Å². The molecule has 2 heteroatoms. The van der Waals surface area contributed by atoms with Crippen LogP contribution in [0.25, 0.3) is 10.8 Å². The zero-order valence-electron chi connectivity index (χ0n) is 9.27.